The molecule has 0 unspecified atom stereocenters. The van der Waals surface area contributed by atoms with Crippen LogP contribution in [-0.2, 0) is 6.54 Å². The van der Waals surface area contributed by atoms with Gasteiger partial charge in [0.2, 0.25) is 0 Å². The number of aromatic nitrogens is 3. The van der Waals surface area contributed by atoms with Crippen molar-refractivity contribution in [3.05, 3.63) is 106 Å². The Balaban J connectivity index is 1.51. The van der Waals surface area contributed by atoms with Crippen molar-refractivity contribution in [1.29, 1.82) is 0 Å². The lowest BCUT2D eigenvalue weighted by Crippen LogP contribution is -2.06. The zero-order chi connectivity index (χ0) is 22.5. The van der Waals surface area contributed by atoms with E-state index in [2.05, 4.69) is 15.6 Å². The average molecular weight is 429 g/mol. The van der Waals surface area contributed by atoms with Crippen LogP contribution in [-0.4, -0.2) is 32.8 Å². The van der Waals surface area contributed by atoms with E-state index in [9.17, 15) is 14.9 Å². The molecule has 0 radical (unpaired) electrons. The first-order valence-electron chi connectivity index (χ1n) is 9.73. The van der Waals surface area contributed by atoms with Crippen LogP contribution in [0.5, 0.6) is 5.75 Å². The SMILES string of the molecule is COc1cccc(-n2cc(CNc3ccc(C(=O)c4ccccc4)cc3[N+](=O)[O-])nn2)c1. The van der Waals surface area contributed by atoms with Crippen LogP contribution in [0.3, 0.4) is 0 Å². The van der Waals surface area contributed by atoms with Gasteiger partial charge in [-0.25, -0.2) is 4.68 Å². The van der Waals surface area contributed by atoms with Crippen molar-refractivity contribution in [3.63, 3.8) is 0 Å². The molecule has 0 fully saturated rings. The monoisotopic (exact) mass is 429 g/mol. The molecule has 0 saturated carbocycles. The minimum Gasteiger partial charge on any atom is -0.497 e. The highest BCUT2D eigenvalue weighted by Crippen LogP contribution is 2.27. The number of ketones is 1. The highest BCUT2D eigenvalue weighted by molar-refractivity contribution is 6.09. The molecule has 1 heterocycles. The zero-order valence-electron chi connectivity index (χ0n) is 17.1. The van der Waals surface area contributed by atoms with E-state index >= 15 is 0 Å². The fraction of sp³-hybridized carbons (Fsp3) is 0.0870. The van der Waals surface area contributed by atoms with Crippen LogP contribution >= 0.6 is 0 Å². The van der Waals surface area contributed by atoms with Crippen LogP contribution in [0.1, 0.15) is 21.6 Å². The summed E-state index contributed by atoms with van der Waals surface area (Å²) < 4.78 is 6.81. The van der Waals surface area contributed by atoms with Gasteiger partial charge in [-0.05, 0) is 24.3 Å². The van der Waals surface area contributed by atoms with Crippen molar-refractivity contribution in [2.75, 3.05) is 12.4 Å². The number of methoxy groups -OCH3 is 1. The molecule has 4 rings (SSSR count). The molecule has 1 N–H and O–H groups in total. The molecule has 0 saturated heterocycles. The van der Waals surface area contributed by atoms with Gasteiger partial charge in [0.25, 0.3) is 5.69 Å². The number of nitro benzene ring substituents is 1. The van der Waals surface area contributed by atoms with Crippen LogP contribution in [0.25, 0.3) is 5.69 Å². The summed E-state index contributed by atoms with van der Waals surface area (Å²) in [6.45, 7) is 0.219. The van der Waals surface area contributed by atoms with Gasteiger partial charge in [-0.1, -0.05) is 41.6 Å². The van der Waals surface area contributed by atoms with Gasteiger partial charge in [0.15, 0.2) is 5.78 Å². The van der Waals surface area contributed by atoms with Crippen molar-refractivity contribution >= 4 is 17.2 Å². The summed E-state index contributed by atoms with van der Waals surface area (Å²) >= 11 is 0. The van der Waals surface area contributed by atoms with Gasteiger partial charge in [-0.15, -0.1) is 5.10 Å². The smallest absolute Gasteiger partial charge is 0.293 e. The normalized spacial score (nSPS) is 10.5. The minimum absolute atomic E-state index is 0.188. The molecule has 1 aromatic heterocycles. The third-order valence-electron chi connectivity index (χ3n) is 4.81. The van der Waals surface area contributed by atoms with E-state index in [-0.39, 0.29) is 29.3 Å². The van der Waals surface area contributed by atoms with E-state index in [1.54, 1.807) is 54.4 Å². The summed E-state index contributed by atoms with van der Waals surface area (Å²) in [4.78, 5) is 23.7. The predicted molar refractivity (Wildman–Crippen MR) is 118 cm³/mol. The van der Waals surface area contributed by atoms with Gasteiger partial charge in [-0.2, -0.15) is 0 Å². The van der Waals surface area contributed by atoms with Crippen LogP contribution < -0.4 is 10.1 Å². The van der Waals surface area contributed by atoms with Gasteiger partial charge in [0.1, 0.15) is 17.1 Å². The van der Waals surface area contributed by atoms with E-state index in [1.807, 2.05) is 24.3 Å². The molecule has 0 bridgehead atoms. The standard InChI is InChI=1S/C23H19N5O4/c1-32-20-9-5-8-19(13-20)27-15-18(25-26-27)14-24-21-11-10-17(12-22(21)28(30)31)23(29)16-6-3-2-4-7-16/h2-13,15,24H,14H2,1H3. The Labute approximate surface area is 183 Å². The Morgan fingerprint density at radius 1 is 1.06 bits per heavy atom. The lowest BCUT2D eigenvalue weighted by Gasteiger charge is -2.07. The van der Waals surface area contributed by atoms with Gasteiger partial charge in [0, 0.05) is 23.3 Å². The van der Waals surface area contributed by atoms with Crippen LogP contribution in [0.4, 0.5) is 11.4 Å². The third-order valence-corrected chi connectivity index (χ3v) is 4.81. The highest BCUT2D eigenvalue weighted by atomic mass is 16.6. The molecular weight excluding hydrogens is 410 g/mol. The second kappa shape index (κ2) is 9.09. The fourth-order valence-electron chi connectivity index (χ4n) is 3.17. The summed E-state index contributed by atoms with van der Waals surface area (Å²) in [7, 11) is 1.58. The number of anilines is 1. The van der Waals surface area contributed by atoms with Gasteiger partial charge in [0.05, 0.1) is 30.5 Å². The second-order valence-electron chi connectivity index (χ2n) is 6.89. The first-order chi connectivity index (χ1) is 15.5. The molecule has 0 aliphatic carbocycles. The first-order valence-corrected chi connectivity index (χ1v) is 9.73. The number of hydrogen-bond acceptors (Lipinski definition) is 7. The molecule has 0 amide bonds. The maximum Gasteiger partial charge on any atom is 0.293 e. The topological polar surface area (TPSA) is 112 Å². The number of nitrogens with one attached hydrogen (secondary N) is 1. The molecule has 9 nitrogen and oxygen atoms in total. The van der Waals surface area contributed by atoms with Gasteiger partial charge in [-0.3, -0.25) is 14.9 Å². The van der Waals surface area contributed by atoms with E-state index in [0.717, 1.165) is 5.69 Å². The highest BCUT2D eigenvalue weighted by Gasteiger charge is 2.18. The Morgan fingerprint density at radius 3 is 2.62 bits per heavy atom. The van der Waals surface area contributed by atoms with Crippen molar-refractivity contribution in [3.8, 4) is 11.4 Å². The number of ether oxygens (including phenoxy) is 1. The number of hydrogen-bond donors (Lipinski definition) is 1. The van der Waals surface area contributed by atoms with E-state index in [1.165, 1.54) is 12.1 Å². The Morgan fingerprint density at radius 2 is 1.88 bits per heavy atom. The Hall–Kier alpha value is -4.53. The maximum atomic E-state index is 12.6. The fourth-order valence-corrected chi connectivity index (χ4v) is 3.17. The Bertz CT molecular complexity index is 1270. The summed E-state index contributed by atoms with van der Waals surface area (Å²) in [5, 5.41) is 22.8. The summed E-state index contributed by atoms with van der Waals surface area (Å²) in [5.41, 5.74) is 2.18. The predicted octanol–water partition coefficient (Wildman–Crippen LogP) is 4.03. The number of nitrogens with zero attached hydrogens (tertiary/aromatic N) is 4. The number of nitro groups is 1. The quantitative estimate of drug-likeness (QED) is 0.256. The van der Waals surface area contributed by atoms with E-state index < -0.39 is 4.92 Å². The molecule has 3 aromatic carbocycles. The number of carbonyl (C=O) groups is 1. The minimum atomic E-state index is -0.517. The summed E-state index contributed by atoms with van der Waals surface area (Å²) in [6.07, 6.45) is 1.72. The van der Waals surface area contributed by atoms with Gasteiger partial charge < -0.3 is 10.1 Å². The lowest BCUT2D eigenvalue weighted by molar-refractivity contribution is -0.384. The van der Waals surface area contributed by atoms with Crippen LogP contribution in [0.15, 0.2) is 79.0 Å². The molecule has 0 aliphatic rings. The van der Waals surface area contributed by atoms with E-state index in [4.69, 9.17) is 4.74 Å². The molecule has 0 aliphatic heterocycles. The zero-order valence-corrected chi connectivity index (χ0v) is 17.1. The summed E-state index contributed by atoms with van der Waals surface area (Å²) in [5.74, 6) is 0.417. The van der Waals surface area contributed by atoms with Crippen LogP contribution in [0, 0.1) is 10.1 Å². The second-order valence-corrected chi connectivity index (χ2v) is 6.89. The molecule has 0 spiro atoms. The lowest BCUT2D eigenvalue weighted by atomic mass is 10.0. The number of benzene rings is 3. The van der Waals surface area contributed by atoms with E-state index in [0.29, 0.717) is 17.0 Å². The molecule has 9 heteroatoms. The molecule has 160 valence electrons. The molecule has 4 aromatic rings. The van der Waals surface area contributed by atoms with Crippen molar-refractivity contribution in [2.24, 2.45) is 0 Å². The first kappa shape index (κ1) is 20.7. The van der Waals surface area contributed by atoms with Crippen molar-refractivity contribution in [2.45, 2.75) is 6.54 Å². The van der Waals surface area contributed by atoms with Crippen LogP contribution in [0.2, 0.25) is 0 Å². The number of carbonyl (C=O) groups excluding carboxylic acids is 1. The van der Waals surface area contributed by atoms with Crippen molar-refractivity contribution < 1.29 is 14.5 Å². The largest absolute Gasteiger partial charge is 0.497 e. The molecule has 0 atom stereocenters. The van der Waals surface area contributed by atoms with Crippen molar-refractivity contribution in [1.82, 2.24) is 15.0 Å². The average Bonchev–Trinajstić information content (AvgIpc) is 3.32. The molecular formula is C23H19N5O4. The maximum absolute atomic E-state index is 12.6. The molecule has 32 heavy (non-hydrogen) atoms. The number of rotatable bonds is 8. The Kier molecular flexibility index (Phi) is 5.89. The summed E-state index contributed by atoms with van der Waals surface area (Å²) in [6, 6.07) is 20.4. The third kappa shape index (κ3) is 4.46. The van der Waals surface area contributed by atoms with Gasteiger partial charge >= 0.3 is 0 Å².